The minimum absolute atomic E-state index is 0. The summed E-state index contributed by atoms with van der Waals surface area (Å²) in [5.74, 6) is 2.22. The van der Waals surface area contributed by atoms with E-state index >= 15 is 0 Å². The zero-order valence-corrected chi connectivity index (χ0v) is 20.1. The number of hydrogen-bond acceptors (Lipinski definition) is 2. The summed E-state index contributed by atoms with van der Waals surface area (Å²) in [6, 6.07) is 9.43. The molecule has 2 aliphatic rings. The molecule has 5 atom stereocenters. The molecule has 0 aromatic heterocycles. The summed E-state index contributed by atoms with van der Waals surface area (Å²) in [5.41, 5.74) is 1.38. The first kappa shape index (κ1) is 22.1. The van der Waals surface area contributed by atoms with E-state index in [9.17, 15) is 4.21 Å². The van der Waals surface area contributed by atoms with Gasteiger partial charge in [0.2, 0.25) is 0 Å². The first-order chi connectivity index (χ1) is 12.1. The molecule has 0 amide bonds. The molecule has 26 heavy (non-hydrogen) atoms. The van der Waals surface area contributed by atoms with Gasteiger partial charge in [-0.1, -0.05) is 41.4 Å². The van der Waals surface area contributed by atoms with E-state index in [1.165, 1.54) is 5.56 Å². The van der Waals surface area contributed by atoms with E-state index in [0.29, 0.717) is 23.3 Å². The molecule has 3 rings (SSSR count). The van der Waals surface area contributed by atoms with Gasteiger partial charge in [-0.05, 0) is 43.4 Å². The standard InChI is InChI=1S/C19H28BrN3OS.HI/c1-3-25(24)16-6-4-5-15(11-16)22-19(21-2)23-18-12-17(18)13-7-9-14(20)10-8-13;/h7-10,15-18H,3-6,11-12H2,1-2H3,(H2,21,22,23);1H. The zero-order valence-electron chi connectivity index (χ0n) is 15.4. The predicted octanol–water partition coefficient (Wildman–Crippen LogP) is 4.17. The van der Waals surface area contributed by atoms with Crippen LogP contribution in [0.1, 0.15) is 50.5 Å². The average Bonchev–Trinajstić information content (AvgIpc) is 3.40. The normalized spacial score (nSPS) is 29.4. The van der Waals surface area contributed by atoms with E-state index < -0.39 is 10.8 Å². The summed E-state index contributed by atoms with van der Waals surface area (Å²) in [5, 5.41) is 7.46. The quantitative estimate of drug-likeness (QED) is 0.327. The molecule has 5 unspecified atom stereocenters. The highest BCUT2D eigenvalue weighted by atomic mass is 127. The van der Waals surface area contributed by atoms with Crippen LogP contribution in [-0.2, 0) is 10.8 Å². The van der Waals surface area contributed by atoms with Crippen LogP contribution in [0.15, 0.2) is 33.7 Å². The SMILES string of the molecule is CCS(=O)C1CCCC(NC(=NC)NC2CC2c2ccc(Br)cc2)C1.I. The lowest BCUT2D eigenvalue weighted by molar-refractivity contribution is 0.413. The van der Waals surface area contributed by atoms with Gasteiger partial charge in [0.15, 0.2) is 5.96 Å². The highest BCUT2D eigenvalue weighted by Crippen LogP contribution is 2.41. The van der Waals surface area contributed by atoms with Gasteiger partial charge in [-0.2, -0.15) is 0 Å². The lowest BCUT2D eigenvalue weighted by Gasteiger charge is -2.30. The summed E-state index contributed by atoms with van der Waals surface area (Å²) in [6.45, 7) is 2.02. The lowest BCUT2D eigenvalue weighted by Crippen LogP contribution is -2.47. The largest absolute Gasteiger partial charge is 0.354 e. The molecule has 2 aliphatic carbocycles. The van der Waals surface area contributed by atoms with Gasteiger partial charge < -0.3 is 10.6 Å². The Morgan fingerprint density at radius 2 is 1.96 bits per heavy atom. The number of nitrogens with zero attached hydrogens (tertiary/aromatic N) is 1. The average molecular weight is 554 g/mol. The first-order valence-corrected chi connectivity index (χ1v) is 11.4. The Morgan fingerprint density at radius 1 is 1.23 bits per heavy atom. The number of hydrogen-bond donors (Lipinski definition) is 2. The van der Waals surface area contributed by atoms with Gasteiger partial charge in [0, 0.05) is 51.3 Å². The Labute approximate surface area is 185 Å². The fourth-order valence-electron chi connectivity index (χ4n) is 3.72. The van der Waals surface area contributed by atoms with Crippen molar-refractivity contribution in [3.63, 3.8) is 0 Å². The molecule has 2 saturated carbocycles. The predicted molar refractivity (Wildman–Crippen MR) is 125 cm³/mol. The van der Waals surface area contributed by atoms with Gasteiger partial charge in [0.25, 0.3) is 0 Å². The van der Waals surface area contributed by atoms with Gasteiger partial charge in [-0.25, -0.2) is 0 Å². The second kappa shape index (κ2) is 10.4. The molecular formula is C19H29BrIN3OS. The second-order valence-electron chi connectivity index (χ2n) is 7.02. The van der Waals surface area contributed by atoms with Gasteiger partial charge in [-0.15, -0.1) is 24.0 Å². The van der Waals surface area contributed by atoms with Crippen LogP contribution < -0.4 is 10.6 Å². The molecule has 0 bridgehead atoms. The van der Waals surface area contributed by atoms with Gasteiger partial charge in [-0.3, -0.25) is 9.20 Å². The molecule has 1 aromatic rings. The topological polar surface area (TPSA) is 53.5 Å². The van der Waals surface area contributed by atoms with Gasteiger partial charge in [0.1, 0.15) is 0 Å². The van der Waals surface area contributed by atoms with Crippen molar-refractivity contribution < 1.29 is 4.21 Å². The molecule has 2 fully saturated rings. The van der Waals surface area contributed by atoms with Gasteiger partial charge in [0.05, 0.1) is 0 Å². The van der Waals surface area contributed by atoms with Crippen molar-refractivity contribution in [3.8, 4) is 0 Å². The molecule has 2 N–H and O–H groups in total. The van der Waals surface area contributed by atoms with E-state index in [1.807, 2.05) is 14.0 Å². The molecule has 0 radical (unpaired) electrons. The minimum Gasteiger partial charge on any atom is -0.354 e. The van der Waals surface area contributed by atoms with Crippen molar-refractivity contribution in [2.75, 3.05) is 12.8 Å². The van der Waals surface area contributed by atoms with E-state index in [-0.39, 0.29) is 24.0 Å². The number of benzene rings is 1. The maximum atomic E-state index is 12.1. The fourth-order valence-corrected chi connectivity index (χ4v) is 5.34. The van der Waals surface area contributed by atoms with E-state index in [4.69, 9.17) is 0 Å². The summed E-state index contributed by atoms with van der Waals surface area (Å²) in [6.07, 6.45) is 5.52. The molecular weight excluding hydrogens is 525 g/mol. The van der Waals surface area contributed by atoms with Crippen LogP contribution in [0, 0.1) is 0 Å². The molecule has 0 heterocycles. The van der Waals surface area contributed by atoms with Crippen LogP contribution in [0.3, 0.4) is 0 Å². The Balaban J connectivity index is 0.00000243. The number of halogens is 2. The maximum absolute atomic E-state index is 12.1. The number of nitrogens with one attached hydrogen (secondary N) is 2. The number of aliphatic imine (C=N–C) groups is 1. The minimum atomic E-state index is -0.686. The Morgan fingerprint density at radius 3 is 2.62 bits per heavy atom. The monoisotopic (exact) mass is 553 g/mol. The molecule has 4 nitrogen and oxygen atoms in total. The van der Waals surface area contributed by atoms with Crippen LogP contribution in [0.4, 0.5) is 0 Å². The Bertz CT molecular complexity index is 640. The van der Waals surface area contributed by atoms with Crippen molar-refractivity contribution >= 4 is 56.7 Å². The number of guanidine groups is 1. The molecule has 1 aromatic carbocycles. The second-order valence-corrected chi connectivity index (χ2v) is 9.94. The summed E-state index contributed by atoms with van der Waals surface area (Å²) >= 11 is 3.49. The summed E-state index contributed by atoms with van der Waals surface area (Å²) in [7, 11) is 1.14. The summed E-state index contributed by atoms with van der Waals surface area (Å²) < 4.78 is 13.2. The van der Waals surface area contributed by atoms with Crippen molar-refractivity contribution in [3.05, 3.63) is 34.3 Å². The molecule has 0 saturated heterocycles. The maximum Gasteiger partial charge on any atom is 0.191 e. The molecule has 0 spiro atoms. The fraction of sp³-hybridized carbons (Fsp3) is 0.632. The third-order valence-electron chi connectivity index (χ3n) is 5.26. The van der Waals surface area contributed by atoms with Crippen LogP contribution in [0.25, 0.3) is 0 Å². The summed E-state index contributed by atoms with van der Waals surface area (Å²) in [4.78, 5) is 4.41. The third-order valence-corrected chi connectivity index (χ3v) is 7.53. The van der Waals surface area contributed by atoms with E-state index in [2.05, 4.69) is 55.8 Å². The van der Waals surface area contributed by atoms with Crippen LogP contribution in [-0.4, -0.2) is 40.3 Å². The van der Waals surface area contributed by atoms with Crippen LogP contribution in [0.5, 0.6) is 0 Å². The number of rotatable bonds is 5. The van der Waals surface area contributed by atoms with Crippen molar-refractivity contribution in [2.45, 2.75) is 62.3 Å². The van der Waals surface area contributed by atoms with Crippen LogP contribution in [0.2, 0.25) is 0 Å². The van der Waals surface area contributed by atoms with Gasteiger partial charge >= 0.3 is 0 Å². The first-order valence-electron chi connectivity index (χ1n) is 9.23. The molecule has 7 heteroatoms. The highest BCUT2D eigenvalue weighted by molar-refractivity contribution is 14.0. The highest BCUT2D eigenvalue weighted by Gasteiger charge is 2.39. The Hall–Kier alpha value is -0.150. The third kappa shape index (κ3) is 5.92. The molecule has 0 aliphatic heterocycles. The van der Waals surface area contributed by atoms with E-state index in [1.54, 1.807) is 0 Å². The van der Waals surface area contributed by atoms with Crippen LogP contribution >= 0.6 is 39.9 Å². The lowest BCUT2D eigenvalue weighted by atomic mass is 9.95. The van der Waals surface area contributed by atoms with E-state index in [0.717, 1.165) is 48.3 Å². The molecule has 146 valence electrons. The Kier molecular flexibility index (Phi) is 8.87. The smallest absolute Gasteiger partial charge is 0.191 e. The zero-order chi connectivity index (χ0) is 17.8. The van der Waals surface area contributed by atoms with Crippen molar-refractivity contribution in [2.24, 2.45) is 4.99 Å². The van der Waals surface area contributed by atoms with Crippen molar-refractivity contribution in [1.82, 2.24) is 10.6 Å². The van der Waals surface area contributed by atoms with Crippen molar-refractivity contribution in [1.29, 1.82) is 0 Å².